The fourth-order valence-electron chi connectivity index (χ4n) is 3.69. The molecule has 1 amide bonds. The number of carbonyl (C=O) groups excluding carboxylic acids is 1. The maximum atomic E-state index is 13.4. The molecule has 4 rings (SSSR count). The van der Waals surface area contributed by atoms with Crippen molar-refractivity contribution in [3.05, 3.63) is 65.3 Å². The topological polar surface area (TPSA) is 50.6 Å². The molecule has 1 aromatic heterocycles. The van der Waals surface area contributed by atoms with Gasteiger partial charge in [0.2, 0.25) is 0 Å². The average molecular weight is 425 g/mol. The predicted molar refractivity (Wildman–Crippen MR) is 119 cm³/mol. The van der Waals surface area contributed by atoms with Gasteiger partial charge in [0.1, 0.15) is 11.4 Å². The number of benzene rings is 2. The highest BCUT2D eigenvalue weighted by Crippen LogP contribution is 2.26. The van der Waals surface area contributed by atoms with Crippen LogP contribution in [0, 0.1) is 0 Å². The van der Waals surface area contributed by atoms with E-state index in [2.05, 4.69) is 11.8 Å². The maximum Gasteiger partial charge on any atom is 0.272 e. The molecular formula is C23H25ClN4O2. The van der Waals surface area contributed by atoms with Gasteiger partial charge in [0.15, 0.2) is 0 Å². The molecule has 0 unspecified atom stereocenters. The summed E-state index contributed by atoms with van der Waals surface area (Å²) in [5.74, 6) is 0.723. The largest absolute Gasteiger partial charge is 0.497 e. The number of carbonyl (C=O) groups is 1. The third kappa shape index (κ3) is 4.20. The first kappa shape index (κ1) is 20.4. The van der Waals surface area contributed by atoms with Crippen molar-refractivity contribution in [3.63, 3.8) is 0 Å². The second kappa shape index (κ2) is 8.90. The molecule has 0 N–H and O–H groups in total. The van der Waals surface area contributed by atoms with E-state index >= 15 is 0 Å². The van der Waals surface area contributed by atoms with Crippen LogP contribution in [0.15, 0.2) is 54.6 Å². The van der Waals surface area contributed by atoms with Gasteiger partial charge in [0.25, 0.3) is 5.91 Å². The maximum absolute atomic E-state index is 13.4. The number of nitrogens with zero attached hydrogens (tertiary/aromatic N) is 4. The SMILES string of the molecule is CCN1CCN(C(=O)c2cc(-c3cccc(OC)c3)nn2-c2cccc(Cl)c2)CC1. The van der Waals surface area contributed by atoms with Crippen LogP contribution in [0.5, 0.6) is 5.75 Å². The number of methoxy groups -OCH3 is 1. The van der Waals surface area contributed by atoms with Crippen LogP contribution in [0.4, 0.5) is 0 Å². The van der Waals surface area contributed by atoms with Gasteiger partial charge in [-0.15, -0.1) is 0 Å². The third-order valence-electron chi connectivity index (χ3n) is 5.45. The molecule has 1 saturated heterocycles. The number of hydrogen-bond acceptors (Lipinski definition) is 4. The summed E-state index contributed by atoms with van der Waals surface area (Å²) in [4.78, 5) is 17.7. The van der Waals surface area contributed by atoms with Crippen LogP contribution in [-0.2, 0) is 0 Å². The van der Waals surface area contributed by atoms with Gasteiger partial charge in [-0.3, -0.25) is 4.79 Å². The van der Waals surface area contributed by atoms with Crippen LogP contribution in [0.3, 0.4) is 0 Å². The van der Waals surface area contributed by atoms with Gasteiger partial charge in [0.05, 0.1) is 18.5 Å². The van der Waals surface area contributed by atoms with Crippen LogP contribution in [0.1, 0.15) is 17.4 Å². The van der Waals surface area contributed by atoms with E-state index in [1.54, 1.807) is 11.8 Å². The molecule has 30 heavy (non-hydrogen) atoms. The molecule has 0 radical (unpaired) electrons. The van der Waals surface area contributed by atoms with E-state index in [1.807, 2.05) is 59.5 Å². The van der Waals surface area contributed by atoms with Crippen molar-refractivity contribution in [2.45, 2.75) is 6.92 Å². The number of hydrogen-bond donors (Lipinski definition) is 0. The van der Waals surface area contributed by atoms with Crippen molar-refractivity contribution in [1.82, 2.24) is 19.6 Å². The molecule has 0 atom stereocenters. The van der Waals surface area contributed by atoms with Crippen molar-refractivity contribution in [1.29, 1.82) is 0 Å². The van der Waals surface area contributed by atoms with Crippen LogP contribution < -0.4 is 4.74 Å². The molecule has 2 aromatic carbocycles. The Morgan fingerprint density at radius 3 is 2.53 bits per heavy atom. The molecule has 7 heteroatoms. The number of aromatic nitrogens is 2. The van der Waals surface area contributed by atoms with Crippen molar-refractivity contribution >= 4 is 17.5 Å². The summed E-state index contributed by atoms with van der Waals surface area (Å²) < 4.78 is 7.03. The molecule has 156 valence electrons. The van der Waals surface area contributed by atoms with E-state index in [4.69, 9.17) is 21.4 Å². The van der Waals surface area contributed by atoms with E-state index in [0.717, 1.165) is 36.6 Å². The Kier molecular flexibility index (Phi) is 6.06. The Hall–Kier alpha value is -2.83. The number of amides is 1. The minimum absolute atomic E-state index is 0.0209. The van der Waals surface area contributed by atoms with E-state index in [-0.39, 0.29) is 5.91 Å². The lowest BCUT2D eigenvalue weighted by Gasteiger charge is -2.34. The van der Waals surface area contributed by atoms with Gasteiger partial charge < -0.3 is 14.5 Å². The van der Waals surface area contributed by atoms with Crippen LogP contribution >= 0.6 is 11.6 Å². The lowest BCUT2D eigenvalue weighted by atomic mass is 10.1. The lowest BCUT2D eigenvalue weighted by molar-refractivity contribution is 0.0634. The minimum atomic E-state index is -0.0209. The van der Waals surface area contributed by atoms with Crippen LogP contribution in [-0.4, -0.2) is 65.3 Å². The molecule has 1 fully saturated rings. The number of ether oxygens (including phenoxy) is 1. The van der Waals surface area contributed by atoms with Crippen molar-refractivity contribution in [3.8, 4) is 22.7 Å². The number of piperazine rings is 1. The molecule has 1 aliphatic rings. The summed E-state index contributed by atoms with van der Waals surface area (Å²) in [6.45, 7) is 6.34. The zero-order valence-electron chi connectivity index (χ0n) is 17.2. The molecular weight excluding hydrogens is 400 g/mol. The van der Waals surface area contributed by atoms with Crippen LogP contribution in [0.2, 0.25) is 5.02 Å². The Morgan fingerprint density at radius 2 is 1.83 bits per heavy atom. The fourth-order valence-corrected chi connectivity index (χ4v) is 3.88. The molecule has 0 aliphatic carbocycles. The van der Waals surface area contributed by atoms with Gasteiger partial charge in [0, 0.05) is 36.8 Å². The number of halogens is 1. The number of likely N-dealkylation sites (N-methyl/N-ethyl adjacent to an activating group) is 1. The highest BCUT2D eigenvalue weighted by atomic mass is 35.5. The summed E-state index contributed by atoms with van der Waals surface area (Å²) >= 11 is 6.21. The summed E-state index contributed by atoms with van der Waals surface area (Å²) in [5.41, 5.74) is 2.89. The first-order chi connectivity index (χ1) is 14.6. The smallest absolute Gasteiger partial charge is 0.272 e. The Balaban J connectivity index is 1.74. The summed E-state index contributed by atoms with van der Waals surface area (Å²) in [7, 11) is 1.63. The molecule has 3 aromatic rings. The van der Waals surface area contributed by atoms with E-state index in [9.17, 15) is 4.79 Å². The van der Waals surface area contributed by atoms with Crippen molar-refractivity contribution < 1.29 is 9.53 Å². The van der Waals surface area contributed by atoms with Gasteiger partial charge in [-0.2, -0.15) is 5.10 Å². The Bertz CT molecular complexity index is 1040. The van der Waals surface area contributed by atoms with Gasteiger partial charge in [-0.05, 0) is 42.9 Å². The first-order valence-corrected chi connectivity index (χ1v) is 10.5. The normalized spacial score (nSPS) is 14.7. The van der Waals surface area contributed by atoms with Gasteiger partial charge in [-0.25, -0.2) is 4.68 Å². The monoisotopic (exact) mass is 424 g/mol. The zero-order valence-corrected chi connectivity index (χ0v) is 18.0. The zero-order chi connectivity index (χ0) is 21.1. The van der Waals surface area contributed by atoms with Gasteiger partial charge >= 0.3 is 0 Å². The molecule has 1 aliphatic heterocycles. The van der Waals surface area contributed by atoms with E-state index in [0.29, 0.717) is 29.5 Å². The summed E-state index contributed by atoms with van der Waals surface area (Å²) in [6.07, 6.45) is 0. The molecule has 0 saturated carbocycles. The lowest BCUT2D eigenvalue weighted by Crippen LogP contribution is -2.48. The summed E-state index contributed by atoms with van der Waals surface area (Å²) in [5, 5.41) is 5.36. The quantitative estimate of drug-likeness (QED) is 0.621. The van der Waals surface area contributed by atoms with E-state index in [1.165, 1.54) is 0 Å². The predicted octanol–water partition coefficient (Wildman–Crippen LogP) is 3.98. The standard InChI is InChI=1S/C23H25ClN4O2/c1-3-26-10-12-27(13-11-26)23(29)22-16-21(17-6-4-9-20(14-17)30-2)25-28(22)19-8-5-7-18(24)15-19/h4-9,14-16H,3,10-13H2,1-2H3. The molecule has 6 nitrogen and oxygen atoms in total. The Labute approximate surface area is 181 Å². The third-order valence-corrected chi connectivity index (χ3v) is 5.69. The second-order valence-corrected chi connectivity index (χ2v) is 7.70. The minimum Gasteiger partial charge on any atom is -0.497 e. The highest BCUT2D eigenvalue weighted by molar-refractivity contribution is 6.30. The summed E-state index contributed by atoms with van der Waals surface area (Å²) in [6, 6.07) is 16.9. The van der Waals surface area contributed by atoms with Crippen LogP contribution in [0.25, 0.3) is 16.9 Å². The molecule has 0 spiro atoms. The second-order valence-electron chi connectivity index (χ2n) is 7.26. The molecule has 0 bridgehead atoms. The van der Waals surface area contributed by atoms with Crippen molar-refractivity contribution in [2.75, 3.05) is 39.8 Å². The van der Waals surface area contributed by atoms with Crippen molar-refractivity contribution in [2.24, 2.45) is 0 Å². The molecule has 2 heterocycles. The highest BCUT2D eigenvalue weighted by Gasteiger charge is 2.26. The van der Waals surface area contributed by atoms with Gasteiger partial charge in [-0.1, -0.05) is 36.7 Å². The first-order valence-electron chi connectivity index (χ1n) is 10.1. The number of rotatable bonds is 5. The van der Waals surface area contributed by atoms with E-state index < -0.39 is 0 Å². The Morgan fingerprint density at radius 1 is 1.07 bits per heavy atom. The fraction of sp³-hybridized carbons (Fsp3) is 0.304. The average Bonchev–Trinajstić information content (AvgIpc) is 3.24.